The monoisotopic (exact) mass is 248 g/mol. The molecule has 0 radical (unpaired) electrons. The minimum atomic E-state index is -0.0361. The standard InChI is InChI=1S/C14H20N2O2/c1-11-9-12-5-3-4-6-13(12)16(10-11)14(17)15-7-8-18-2/h3-6,11H,7-10H2,1-2H3,(H,15,17). The molecule has 1 aromatic carbocycles. The van der Waals surface area contributed by atoms with Crippen molar-refractivity contribution < 1.29 is 9.53 Å². The summed E-state index contributed by atoms with van der Waals surface area (Å²) in [4.78, 5) is 14.0. The van der Waals surface area contributed by atoms with Crippen LogP contribution in [-0.4, -0.2) is 32.8 Å². The molecule has 1 N–H and O–H groups in total. The van der Waals surface area contributed by atoms with Crippen molar-refractivity contribution in [1.82, 2.24) is 5.32 Å². The van der Waals surface area contributed by atoms with Crippen LogP contribution < -0.4 is 10.2 Å². The number of fused-ring (bicyclic) bond motifs is 1. The summed E-state index contributed by atoms with van der Waals surface area (Å²) in [5, 5.41) is 2.88. The lowest BCUT2D eigenvalue weighted by molar-refractivity contribution is 0.197. The number of nitrogens with one attached hydrogen (secondary N) is 1. The smallest absolute Gasteiger partial charge is 0.321 e. The number of methoxy groups -OCH3 is 1. The van der Waals surface area contributed by atoms with Crippen LogP contribution >= 0.6 is 0 Å². The molecule has 0 spiro atoms. The van der Waals surface area contributed by atoms with Crippen LogP contribution in [0.5, 0.6) is 0 Å². The van der Waals surface area contributed by atoms with Gasteiger partial charge in [-0.2, -0.15) is 0 Å². The summed E-state index contributed by atoms with van der Waals surface area (Å²) in [6.07, 6.45) is 1.04. The predicted octanol–water partition coefficient (Wildman–Crippen LogP) is 2.04. The molecule has 0 aliphatic carbocycles. The van der Waals surface area contributed by atoms with E-state index < -0.39 is 0 Å². The van der Waals surface area contributed by atoms with Crippen molar-refractivity contribution in [2.45, 2.75) is 13.3 Å². The average Bonchev–Trinajstić information content (AvgIpc) is 2.38. The molecule has 4 heteroatoms. The number of hydrogen-bond acceptors (Lipinski definition) is 2. The van der Waals surface area contributed by atoms with Gasteiger partial charge in [-0.15, -0.1) is 0 Å². The molecule has 0 saturated heterocycles. The Bertz CT molecular complexity index is 420. The van der Waals surface area contributed by atoms with Crippen LogP contribution in [0.15, 0.2) is 24.3 Å². The van der Waals surface area contributed by atoms with E-state index in [0.29, 0.717) is 19.1 Å². The van der Waals surface area contributed by atoms with Gasteiger partial charge in [0.15, 0.2) is 0 Å². The molecule has 18 heavy (non-hydrogen) atoms. The number of hydrogen-bond donors (Lipinski definition) is 1. The molecule has 0 bridgehead atoms. The lowest BCUT2D eigenvalue weighted by atomic mass is 9.94. The van der Waals surface area contributed by atoms with Gasteiger partial charge >= 0.3 is 6.03 Å². The average molecular weight is 248 g/mol. The third-order valence-corrected chi connectivity index (χ3v) is 3.17. The fourth-order valence-corrected chi connectivity index (χ4v) is 2.34. The molecule has 1 unspecified atom stereocenters. The number of anilines is 1. The summed E-state index contributed by atoms with van der Waals surface area (Å²) in [7, 11) is 1.63. The summed E-state index contributed by atoms with van der Waals surface area (Å²) in [6, 6.07) is 8.07. The predicted molar refractivity (Wildman–Crippen MR) is 71.9 cm³/mol. The lowest BCUT2D eigenvalue weighted by Crippen LogP contribution is -2.46. The van der Waals surface area contributed by atoms with E-state index in [1.54, 1.807) is 7.11 Å². The Kier molecular flexibility index (Phi) is 4.20. The maximum absolute atomic E-state index is 12.1. The zero-order chi connectivity index (χ0) is 13.0. The molecular weight excluding hydrogens is 228 g/mol. The zero-order valence-corrected chi connectivity index (χ0v) is 11.0. The van der Waals surface area contributed by atoms with Crippen LogP contribution in [0.1, 0.15) is 12.5 Å². The second kappa shape index (κ2) is 5.87. The summed E-state index contributed by atoms with van der Waals surface area (Å²) in [5.74, 6) is 0.494. The number of nitrogens with zero attached hydrogens (tertiary/aromatic N) is 1. The van der Waals surface area contributed by atoms with Gasteiger partial charge in [-0.3, -0.25) is 4.90 Å². The van der Waals surface area contributed by atoms with Crippen LogP contribution in [-0.2, 0) is 11.2 Å². The van der Waals surface area contributed by atoms with E-state index in [1.807, 2.05) is 23.1 Å². The third kappa shape index (κ3) is 2.82. The number of carbonyl (C=O) groups excluding carboxylic acids is 1. The van der Waals surface area contributed by atoms with Gasteiger partial charge in [0.25, 0.3) is 0 Å². The van der Waals surface area contributed by atoms with Gasteiger partial charge in [-0.1, -0.05) is 25.1 Å². The van der Waals surface area contributed by atoms with Crippen molar-refractivity contribution in [3.8, 4) is 0 Å². The Morgan fingerprint density at radius 2 is 2.28 bits per heavy atom. The molecule has 1 aromatic rings. The van der Waals surface area contributed by atoms with Gasteiger partial charge in [-0.05, 0) is 24.0 Å². The Labute approximate surface area is 108 Å². The number of para-hydroxylation sites is 1. The van der Waals surface area contributed by atoms with Crippen molar-refractivity contribution in [3.05, 3.63) is 29.8 Å². The number of rotatable bonds is 3. The first-order chi connectivity index (χ1) is 8.72. The van der Waals surface area contributed by atoms with Crippen LogP contribution in [0.4, 0.5) is 10.5 Å². The van der Waals surface area contributed by atoms with E-state index in [-0.39, 0.29) is 6.03 Å². The normalized spacial score (nSPS) is 18.3. The van der Waals surface area contributed by atoms with E-state index >= 15 is 0 Å². The maximum Gasteiger partial charge on any atom is 0.321 e. The van der Waals surface area contributed by atoms with E-state index in [4.69, 9.17) is 4.74 Å². The molecule has 2 amide bonds. The van der Waals surface area contributed by atoms with Gasteiger partial charge in [0.2, 0.25) is 0 Å². The molecule has 1 aliphatic rings. The SMILES string of the molecule is COCCNC(=O)N1CC(C)Cc2ccccc21. The van der Waals surface area contributed by atoms with Gasteiger partial charge in [0.1, 0.15) is 0 Å². The maximum atomic E-state index is 12.1. The number of ether oxygens (including phenoxy) is 1. The Hall–Kier alpha value is -1.55. The Morgan fingerprint density at radius 3 is 3.06 bits per heavy atom. The molecule has 4 nitrogen and oxygen atoms in total. The highest BCUT2D eigenvalue weighted by molar-refractivity contribution is 5.93. The first kappa shape index (κ1) is 12.9. The van der Waals surface area contributed by atoms with Crippen LogP contribution in [0.25, 0.3) is 0 Å². The molecule has 98 valence electrons. The number of carbonyl (C=O) groups is 1. The summed E-state index contributed by atoms with van der Waals surface area (Å²) in [5.41, 5.74) is 2.28. The third-order valence-electron chi connectivity index (χ3n) is 3.17. The minimum absolute atomic E-state index is 0.0361. The molecule has 0 saturated carbocycles. The van der Waals surface area contributed by atoms with Crippen molar-refractivity contribution in [1.29, 1.82) is 0 Å². The van der Waals surface area contributed by atoms with E-state index in [1.165, 1.54) is 5.56 Å². The van der Waals surface area contributed by atoms with Gasteiger partial charge in [-0.25, -0.2) is 4.79 Å². The highest BCUT2D eigenvalue weighted by Gasteiger charge is 2.25. The molecule has 1 atom stereocenters. The van der Waals surface area contributed by atoms with E-state index in [2.05, 4.69) is 18.3 Å². The fourth-order valence-electron chi connectivity index (χ4n) is 2.34. The molecule has 1 heterocycles. The largest absolute Gasteiger partial charge is 0.383 e. The summed E-state index contributed by atoms with van der Waals surface area (Å²) >= 11 is 0. The number of amides is 2. The molecular formula is C14H20N2O2. The molecule has 0 aromatic heterocycles. The molecule has 0 fully saturated rings. The first-order valence-corrected chi connectivity index (χ1v) is 6.34. The zero-order valence-electron chi connectivity index (χ0n) is 11.0. The van der Waals surface area contributed by atoms with Crippen LogP contribution in [0.2, 0.25) is 0 Å². The second-order valence-electron chi connectivity index (χ2n) is 4.77. The van der Waals surface area contributed by atoms with Crippen LogP contribution in [0.3, 0.4) is 0 Å². The molecule has 2 rings (SSSR count). The quantitative estimate of drug-likeness (QED) is 0.832. The topological polar surface area (TPSA) is 41.6 Å². The summed E-state index contributed by atoms with van der Waals surface area (Å²) in [6.45, 7) is 4.03. The fraction of sp³-hybridized carbons (Fsp3) is 0.500. The Morgan fingerprint density at radius 1 is 1.50 bits per heavy atom. The minimum Gasteiger partial charge on any atom is -0.383 e. The van der Waals surface area contributed by atoms with Crippen molar-refractivity contribution in [3.63, 3.8) is 0 Å². The van der Waals surface area contributed by atoms with Gasteiger partial charge in [0, 0.05) is 25.9 Å². The highest BCUT2D eigenvalue weighted by atomic mass is 16.5. The van der Waals surface area contributed by atoms with Crippen molar-refractivity contribution in [2.75, 3.05) is 31.7 Å². The number of benzene rings is 1. The first-order valence-electron chi connectivity index (χ1n) is 6.34. The van der Waals surface area contributed by atoms with Gasteiger partial charge < -0.3 is 10.1 Å². The van der Waals surface area contributed by atoms with E-state index in [9.17, 15) is 4.79 Å². The van der Waals surface area contributed by atoms with Gasteiger partial charge in [0.05, 0.1) is 6.61 Å². The Balaban J connectivity index is 2.10. The van der Waals surface area contributed by atoms with Crippen molar-refractivity contribution in [2.24, 2.45) is 5.92 Å². The lowest BCUT2D eigenvalue weighted by Gasteiger charge is -2.33. The van der Waals surface area contributed by atoms with Crippen molar-refractivity contribution >= 4 is 11.7 Å². The van der Waals surface area contributed by atoms with E-state index in [0.717, 1.165) is 18.7 Å². The second-order valence-corrected chi connectivity index (χ2v) is 4.77. The molecule has 1 aliphatic heterocycles. The number of urea groups is 1. The highest BCUT2D eigenvalue weighted by Crippen LogP contribution is 2.29. The summed E-state index contributed by atoms with van der Waals surface area (Å²) < 4.78 is 4.94. The van der Waals surface area contributed by atoms with Crippen LogP contribution in [0, 0.1) is 5.92 Å².